The molecule has 2 amide bonds. The first-order valence-corrected chi connectivity index (χ1v) is 7.13. The predicted octanol–water partition coefficient (Wildman–Crippen LogP) is 3.05. The van der Waals surface area contributed by atoms with Crippen LogP contribution in [-0.2, 0) is 12.8 Å². The Morgan fingerprint density at radius 3 is 2.35 bits per heavy atom. The standard InChI is InChI=1S/C16H26N2O2/c1-6-12-8-9-14(10-13(12)7-2)17-15(19)18(5)11-16(3,4)20/h8-10,20H,6-7,11H2,1-5H3,(H,17,19). The van der Waals surface area contributed by atoms with E-state index in [1.807, 2.05) is 12.1 Å². The van der Waals surface area contributed by atoms with Gasteiger partial charge in [0.25, 0.3) is 0 Å². The summed E-state index contributed by atoms with van der Waals surface area (Å²) in [5.41, 5.74) is 2.48. The van der Waals surface area contributed by atoms with E-state index in [2.05, 4.69) is 25.2 Å². The summed E-state index contributed by atoms with van der Waals surface area (Å²) in [4.78, 5) is 13.5. The lowest BCUT2D eigenvalue weighted by Gasteiger charge is -2.25. The second kappa shape index (κ2) is 6.75. The van der Waals surface area contributed by atoms with Gasteiger partial charge in [-0.05, 0) is 49.9 Å². The molecule has 112 valence electrons. The third-order valence-corrected chi connectivity index (χ3v) is 3.19. The molecule has 1 aromatic rings. The Balaban J connectivity index is 2.75. The minimum Gasteiger partial charge on any atom is -0.389 e. The molecule has 20 heavy (non-hydrogen) atoms. The van der Waals surface area contributed by atoms with Crippen molar-refractivity contribution in [3.63, 3.8) is 0 Å². The Morgan fingerprint density at radius 2 is 1.85 bits per heavy atom. The van der Waals surface area contributed by atoms with Crippen LogP contribution in [0.5, 0.6) is 0 Å². The quantitative estimate of drug-likeness (QED) is 0.869. The third-order valence-electron chi connectivity index (χ3n) is 3.19. The van der Waals surface area contributed by atoms with Crippen LogP contribution in [0.25, 0.3) is 0 Å². The zero-order valence-electron chi connectivity index (χ0n) is 13.2. The Morgan fingerprint density at radius 1 is 1.25 bits per heavy atom. The number of hydrogen-bond acceptors (Lipinski definition) is 2. The van der Waals surface area contributed by atoms with Gasteiger partial charge in [0, 0.05) is 12.7 Å². The highest BCUT2D eigenvalue weighted by Gasteiger charge is 2.19. The van der Waals surface area contributed by atoms with Crippen LogP contribution >= 0.6 is 0 Å². The van der Waals surface area contributed by atoms with E-state index in [0.29, 0.717) is 0 Å². The smallest absolute Gasteiger partial charge is 0.321 e. The Labute approximate surface area is 121 Å². The van der Waals surface area contributed by atoms with Crippen LogP contribution in [0.15, 0.2) is 18.2 Å². The Hall–Kier alpha value is -1.55. The van der Waals surface area contributed by atoms with Crippen molar-refractivity contribution < 1.29 is 9.90 Å². The molecule has 0 unspecified atom stereocenters. The average Bonchev–Trinajstić information content (AvgIpc) is 2.36. The van der Waals surface area contributed by atoms with Crippen LogP contribution < -0.4 is 5.32 Å². The van der Waals surface area contributed by atoms with E-state index >= 15 is 0 Å². The fourth-order valence-electron chi connectivity index (χ4n) is 2.25. The van der Waals surface area contributed by atoms with Crippen molar-refractivity contribution in [3.8, 4) is 0 Å². The lowest BCUT2D eigenvalue weighted by atomic mass is 10.0. The van der Waals surface area contributed by atoms with Crippen LogP contribution in [-0.4, -0.2) is 35.2 Å². The summed E-state index contributed by atoms with van der Waals surface area (Å²) in [6.45, 7) is 7.89. The van der Waals surface area contributed by atoms with Gasteiger partial charge in [0.1, 0.15) is 0 Å². The van der Waals surface area contributed by atoms with Crippen LogP contribution in [0.1, 0.15) is 38.8 Å². The summed E-state index contributed by atoms with van der Waals surface area (Å²) in [6.07, 6.45) is 1.95. The molecule has 0 aromatic heterocycles. The molecule has 1 aromatic carbocycles. The van der Waals surface area contributed by atoms with Gasteiger partial charge in [-0.3, -0.25) is 0 Å². The summed E-state index contributed by atoms with van der Waals surface area (Å²) in [5, 5.41) is 12.6. The van der Waals surface area contributed by atoms with E-state index < -0.39 is 5.60 Å². The lowest BCUT2D eigenvalue weighted by Crippen LogP contribution is -2.41. The number of amides is 2. The molecule has 0 saturated heterocycles. The summed E-state index contributed by atoms with van der Waals surface area (Å²) in [6, 6.07) is 5.80. The van der Waals surface area contributed by atoms with E-state index in [1.165, 1.54) is 16.0 Å². The van der Waals surface area contributed by atoms with E-state index in [1.54, 1.807) is 20.9 Å². The molecule has 0 aliphatic carbocycles. The SMILES string of the molecule is CCc1ccc(NC(=O)N(C)CC(C)(C)O)cc1CC. The first-order valence-electron chi connectivity index (χ1n) is 7.13. The van der Waals surface area contributed by atoms with Crippen molar-refractivity contribution in [2.75, 3.05) is 18.9 Å². The molecular formula is C16H26N2O2. The molecule has 2 N–H and O–H groups in total. The minimum atomic E-state index is -0.896. The molecule has 4 nitrogen and oxygen atoms in total. The maximum absolute atomic E-state index is 12.0. The molecule has 0 saturated carbocycles. The number of rotatable bonds is 5. The Bertz CT molecular complexity index is 464. The van der Waals surface area contributed by atoms with Gasteiger partial charge in [-0.15, -0.1) is 0 Å². The monoisotopic (exact) mass is 278 g/mol. The molecule has 4 heteroatoms. The fraction of sp³-hybridized carbons (Fsp3) is 0.562. The van der Waals surface area contributed by atoms with Gasteiger partial charge in [-0.2, -0.15) is 0 Å². The van der Waals surface area contributed by atoms with Gasteiger partial charge < -0.3 is 15.3 Å². The van der Waals surface area contributed by atoms with E-state index in [9.17, 15) is 9.90 Å². The molecule has 1 rings (SSSR count). The van der Waals surface area contributed by atoms with Crippen LogP contribution in [0.3, 0.4) is 0 Å². The van der Waals surface area contributed by atoms with Crippen LogP contribution in [0.4, 0.5) is 10.5 Å². The molecule has 0 bridgehead atoms. The predicted molar refractivity (Wildman–Crippen MR) is 83.1 cm³/mol. The third kappa shape index (κ3) is 4.85. The number of hydrogen-bond donors (Lipinski definition) is 2. The van der Waals surface area contributed by atoms with Crippen molar-refractivity contribution in [2.45, 2.75) is 46.1 Å². The zero-order valence-corrected chi connectivity index (χ0v) is 13.2. The van der Waals surface area contributed by atoms with Gasteiger partial charge in [0.05, 0.1) is 12.1 Å². The van der Waals surface area contributed by atoms with E-state index in [0.717, 1.165) is 18.5 Å². The maximum atomic E-state index is 12.0. The van der Waals surface area contributed by atoms with Crippen molar-refractivity contribution in [1.82, 2.24) is 4.90 Å². The van der Waals surface area contributed by atoms with Gasteiger partial charge >= 0.3 is 6.03 Å². The van der Waals surface area contributed by atoms with Gasteiger partial charge in [0.15, 0.2) is 0 Å². The van der Waals surface area contributed by atoms with Crippen molar-refractivity contribution >= 4 is 11.7 Å². The molecule has 0 heterocycles. The number of anilines is 1. The second-order valence-electron chi connectivity index (χ2n) is 5.79. The minimum absolute atomic E-state index is 0.210. The summed E-state index contributed by atoms with van der Waals surface area (Å²) in [5.74, 6) is 0. The van der Waals surface area contributed by atoms with Crippen molar-refractivity contribution in [1.29, 1.82) is 0 Å². The maximum Gasteiger partial charge on any atom is 0.321 e. The summed E-state index contributed by atoms with van der Waals surface area (Å²) >= 11 is 0. The Kier molecular flexibility index (Phi) is 5.57. The fourth-order valence-corrected chi connectivity index (χ4v) is 2.25. The number of nitrogens with zero attached hydrogens (tertiary/aromatic N) is 1. The molecule has 0 fully saturated rings. The zero-order chi connectivity index (χ0) is 15.3. The van der Waals surface area contributed by atoms with Gasteiger partial charge in [-0.1, -0.05) is 19.9 Å². The molecule has 0 radical (unpaired) electrons. The van der Waals surface area contributed by atoms with Crippen molar-refractivity contribution in [3.05, 3.63) is 29.3 Å². The topological polar surface area (TPSA) is 52.6 Å². The average molecular weight is 278 g/mol. The lowest BCUT2D eigenvalue weighted by molar-refractivity contribution is 0.0550. The first kappa shape index (κ1) is 16.5. The highest BCUT2D eigenvalue weighted by Crippen LogP contribution is 2.18. The van der Waals surface area contributed by atoms with Gasteiger partial charge in [-0.25, -0.2) is 4.79 Å². The van der Waals surface area contributed by atoms with Crippen molar-refractivity contribution in [2.24, 2.45) is 0 Å². The molecule has 0 aliphatic rings. The van der Waals surface area contributed by atoms with Crippen LogP contribution in [0, 0.1) is 0 Å². The van der Waals surface area contributed by atoms with E-state index in [4.69, 9.17) is 0 Å². The normalized spacial score (nSPS) is 11.3. The highest BCUT2D eigenvalue weighted by atomic mass is 16.3. The molecule has 0 spiro atoms. The number of likely N-dealkylation sites (N-methyl/N-ethyl adjacent to an activating group) is 1. The number of urea groups is 1. The van der Waals surface area contributed by atoms with Crippen LogP contribution in [0.2, 0.25) is 0 Å². The number of aliphatic hydroxyl groups is 1. The highest BCUT2D eigenvalue weighted by molar-refractivity contribution is 5.89. The number of aryl methyl sites for hydroxylation is 2. The first-order chi connectivity index (χ1) is 9.26. The number of nitrogens with one attached hydrogen (secondary N) is 1. The molecule has 0 aliphatic heterocycles. The number of carbonyl (C=O) groups is 1. The summed E-state index contributed by atoms with van der Waals surface area (Å²) < 4.78 is 0. The largest absolute Gasteiger partial charge is 0.389 e. The number of carbonyl (C=O) groups excluding carboxylic acids is 1. The number of benzene rings is 1. The molecule has 0 atom stereocenters. The molecular weight excluding hydrogens is 252 g/mol. The second-order valence-corrected chi connectivity index (χ2v) is 5.79. The van der Waals surface area contributed by atoms with Gasteiger partial charge in [0.2, 0.25) is 0 Å². The van der Waals surface area contributed by atoms with E-state index in [-0.39, 0.29) is 12.6 Å². The summed E-state index contributed by atoms with van der Waals surface area (Å²) in [7, 11) is 1.68.